The zero-order valence-electron chi connectivity index (χ0n) is 14.8. The fourth-order valence-electron chi connectivity index (χ4n) is 3.34. The molecule has 1 saturated heterocycles. The maximum absolute atomic E-state index is 12.7. The zero-order valence-corrected chi connectivity index (χ0v) is 15.7. The molecule has 0 aliphatic carbocycles. The van der Waals surface area contributed by atoms with Gasteiger partial charge in [0.1, 0.15) is 4.90 Å². The molecule has 0 bridgehead atoms. The summed E-state index contributed by atoms with van der Waals surface area (Å²) in [4.78, 5) is 14.8. The van der Waals surface area contributed by atoms with E-state index in [4.69, 9.17) is 0 Å². The number of sulfonamides is 1. The van der Waals surface area contributed by atoms with Crippen molar-refractivity contribution in [2.24, 2.45) is 4.40 Å². The Morgan fingerprint density at radius 3 is 2.67 bits per heavy atom. The summed E-state index contributed by atoms with van der Waals surface area (Å²) in [6.45, 7) is 4.30. The second-order valence-electron chi connectivity index (χ2n) is 6.67. The van der Waals surface area contributed by atoms with Gasteiger partial charge in [0, 0.05) is 42.5 Å². The third kappa shape index (κ3) is 3.33. The first kappa shape index (κ1) is 17.7. The predicted molar refractivity (Wildman–Crippen MR) is 104 cm³/mol. The Morgan fingerprint density at radius 1 is 1.19 bits per heavy atom. The number of rotatable bonds is 2. The molecule has 140 valence electrons. The van der Waals surface area contributed by atoms with Gasteiger partial charge in [-0.05, 0) is 43.3 Å². The van der Waals surface area contributed by atoms with Crippen molar-refractivity contribution >= 4 is 27.5 Å². The SMILES string of the molecule is C[C@@H]1CNCCN1C(=O)c1ccc(NC2=NS(=O)(=O)c3ccccc32)cc1. The average molecular weight is 384 g/mol. The number of hydrogen-bond donors (Lipinski definition) is 2. The molecule has 2 aliphatic heterocycles. The summed E-state index contributed by atoms with van der Waals surface area (Å²) in [5.41, 5.74) is 1.83. The second kappa shape index (κ2) is 6.79. The van der Waals surface area contributed by atoms with Gasteiger partial charge in [-0.25, -0.2) is 0 Å². The van der Waals surface area contributed by atoms with Crippen LogP contribution in [0, 0.1) is 0 Å². The van der Waals surface area contributed by atoms with Crippen molar-refractivity contribution in [1.29, 1.82) is 0 Å². The van der Waals surface area contributed by atoms with Crippen LogP contribution in [0.4, 0.5) is 5.69 Å². The zero-order chi connectivity index (χ0) is 19.0. The molecular formula is C19H20N4O3S. The molecule has 2 N–H and O–H groups in total. The Bertz CT molecular complexity index is 1020. The van der Waals surface area contributed by atoms with Crippen LogP contribution in [0.1, 0.15) is 22.8 Å². The van der Waals surface area contributed by atoms with Gasteiger partial charge in [0.25, 0.3) is 15.9 Å². The van der Waals surface area contributed by atoms with Crippen LogP contribution in [0.25, 0.3) is 0 Å². The third-order valence-electron chi connectivity index (χ3n) is 4.79. The van der Waals surface area contributed by atoms with E-state index in [1.54, 1.807) is 48.5 Å². The maximum atomic E-state index is 12.7. The number of piperazine rings is 1. The van der Waals surface area contributed by atoms with Gasteiger partial charge in [0.05, 0.1) is 0 Å². The van der Waals surface area contributed by atoms with E-state index >= 15 is 0 Å². The summed E-state index contributed by atoms with van der Waals surface area (Å²) < 4.78 is 28.1. The van der Waals surface area contributed by atoms with Crippen molar-refractivity contribution in [1.82, 2.24) is 10.2 Å². The predicted octanol–water partition coefficient (Wildman–Crippen LogP) is 1.68. The minimum absolute atomic E-state index is 0.00156. The fraction of sp³-hybridized carbons (Fsp3) is 0.263. The van der Waals surface area contributed by atoms with Crippen LogP contribution in [0.15, 0.2) is 57.8 Å². The first-order chi connectivity index (χ1) is 13.0. The number of amidine groups is 1. The van der Waals surface area contributed by atoms with Crippen LogP contribution in [-0.4, -0.2) is 50.7 Å². The average Bonchev–Trinajstić information content (AvgIpc) is 2.93. The van der Waals surface area contributed by atoms with E-state index in [-0.39, 0.29) is 16.8 Å². The van der Waals surface area contributed by atoms with E-state index in [1.165, 1.54) is 0 Å². The summed E-state index contributed by atoms with van der Waals surface area (Å²) >= 11 is 0. The van der Waals surface area contributed by atoms with Crippen LogP contribution in [0.2, 0.25) is 0 Å². The van der Waals surface area contributed by atoms with Gasteiger partial charge < -0.3 is 15.5 Å². The second-order valence-corrected chi connectivity index (χ2v) is 8.24. The molecule has 1 atom stereocenters. The Labute approximate surface area is 158 Å². The largest absolute Gasteiger partial charge is 0.339 e. The number of hydrogen-bond acceptors (Lipinski definition) is 5. The van der Waals surface area contributed by atoms with Crippen LogP contribution in [0.3, 0.4) is 0 Å². The molecule has 2 aliphatic rings. The van der Waals surface area contributed by atoms with Crippen LogP contribution >= 0.6 is 0 Å². The smallest absolute Gasteiger partial charge is 0.285 e. The van der Waals surface area contributed by atoms with E-state index in [0.29, 0.717) is 29.2 Å². The third-order valence-corrected chi connectivity index (χ3v) is 6.12. The summed E-state index contributed by atoms with van der Waals surface area (Å²) in [6.07, 6.45) is 0. The van der Waals surface area contributed by atoms with Crippen LogP contribution < -0.4 is 10.6 Å². The van der Waals surface area contributed by atoms with E-state index in [9.17, 15) is 13.2 Å². The van der Waals surface area contributed by atoms with Gasteiger partial charge >= 0.3 is 0 Å². The molecule has 0 saturated carbocycles. The highest BCUT2D eigenvalue weighted by molar-refractivity contribution is 7.90. The number of benzene rings is 2. The lowest BCUT2D eigenvalue weighted by molar-refractivity contribution is 0.0656. The van der Waals surface area contributed by atoms with Gasteiger partial charge in [0.2, 0.25) is 0 Å². The normalized spacial score (nSPS) is 20.7. The molecule has 4 rings (SSSR count). The number of carbonyl (C=O) groups is 1. The quantitative estimate of drug-likeness (QED) is 0.822. The van der Waals surface area contributed by atoms with Crippen molar-refractivity contribution in [3.63, 3.8) is 0 Å². The Balaban J connectivity index is 1.53. The molecule has 0 radical (unpaired) electrons. The Morgan fingerprint density at radius 2 is 1.93 bits per heavy atom. The van der Waals surface area contributed by atoms with Crippen molar-refractivity contribution < 1.29 is 13.2 Å². The van der Waals surface area contributed by atoms with Gasteiger partial charge in [-0.15, -0.1) is 4.40 Å². The van der Waals surface area contributed by atoms with Crippen molar-refractivity contribution in [3.05, 3.63) is 59.7 Å². The van der Waals surface area contributed by atoms with Crippen LogP contribution in [0.5, 0.6) is 0 Å². The number of anilines is 1. The first-order valence-electron chi connectivity index (χ1n) is 8.79. The molecule has 0 aromatic heterocycles. The number of carbonyl (C=O) groups excluding carboxylic acids is 1. The molecule has 2 aromatic rings. The fourth-order valence-corrected chi connectivity index (χ4v) is 4.51. The van der Waals surface area contributed by atoms with Gasteiger partial charge in [-0.1, -0.05) is 12.1 Å². The number of nitrogens with zero attached hydrogens (tertiary/aromatic N) is 2. The van der Waals surface area contributed by atoms with Crippen LogP contribution in [-0.2, 0) is 10.0 Å². The Hall–Kier alpha value is -2.71. The molecule has 7 nitrogen and oxygen atoms in total. The number of amides is 1. The summed E-state index contributed by atoms with van der Waals surface area (Å²) in [6, 6.07) is 13.9. The topological polar surface area (TPSA) is 90.9 Å². The van der Waals surface area contributed by atoms with Crippen molar-refractivity contribution in [2.75, 3.05) is 25.0 Å². The van der Waals surface area contributed by atoms with E-state index in [1.807, 2.05) is 11.8 Å². The summed E-state index contributed by atoms with van der Waals surface area (Å²) in [5.74, 6) is 0.294. The number of fused-ring (bicyclic) bond motifs is 1. The lowest BCUT2D eigenvalue weighted by Gasteiger charge is -2.34. The maximum Gasteiger partial charge on any atom is 0.285 e. The highest BCUT2D eigenvalue weighted by atomic mass is 32.2. The minimum Gasteiger partial charge on any atom is -0.339 e. The van der Waals surface area contributed by atoms with Gasteiger partial charge in [-0.2, -0.15) is 8.42 Å². The minimum atomic E-state index is -3.66. The molecule has 1 amide bonds. The molecule has 8 heteroatoms. The molecule has 1 fully saturated rings. The highest BCUT2D eigenvalue weighted by Crippen LogP contribution is 2.26. The monoisotopic (exact) mass is 384 g/mol. The first-order valence-corrected chi connectivity index (χ1v) is 10.2. The lowest BCUT2D eigenvalue weighted by atomic mass is 10.1. The molecule has 2 aromatic carbocycles. The van der Waals surface area contributed by atoms with Gasteiger partial charge in [0.15, 0.2) is 5.84 Å². The summed E-state index contributed by atoms with van der Waals surface area (Å²) in [5, 5.41) is 6.31. The molecule has 0 unspecified atom stereocenters. The van der Waals surface area contributed by atoms with Gasteiger partial charge in [-0.3, -0.25) is 4.79 Å². The van der Waals surface area contributed by atoms with E-state index < -0.39 is 10.0 Å². The standard InChI is InChI=1S/C19H20N4O3S/c1-13-12-20-10-11-23(13)19(24)14-6-8-15(9-7-14)21-18-16-4-2-3-5-17(16)27(25,26)22-18/h2-9,13,20H,10-12H2,1H3,(H,21,22)/t13-/m1/s1. The van der Waals surface area contributed by atoms with E-state index in [2.05, 4.69) is 15.0 Å². The van der Waals surface area contributed by atoms with Crippen molar-refractivity contribution in [3.8, 4) is 0 Å². The summed E-state index contributed by atoms with van der Waals surface area (Å²) in [7, 11) is -3.66. The molecular weight excluding hydrogens is 364 g/mol. The highest BCUT2D eigenvalue weighted by Gasteiger charge is 2.28. The lowest BCUT2D eigenvalue weighted by Crippen LogP contribution is -2.52. The Kier molecular flexibility index (Phi) is 4.45. The van der Waals surface area contributed by atoms with E-state index in [0.717, 1.165) is 13.1 Å². The molecule has 0 spiro atoms. The number of nitrogens with one attached hydrogen (secondary N) is 2. The molecule has 27 heavy (non-hydrogen) atoms. The molecule has 2 heterocycles. The van der Waals surface area contributed by atoms with Crippen molar-refractivity contribution in [2.45, 2.75) is 17.9 Å².